The van der Waals surface area contributed by atoms with Gasteiger partial charge < -0.3 is 0 Å². The summed E-state index contributed by atoms with van der Waals surface area (Å²) in [4.78, 5) is 12.7. The minimum absolute atomic E-state index is 0.251. The van der Waals surface area contributed by atoms with Gasteiger partial charge in [0.15, 0.2) is 0 Å². The smallest absolute Gasteiger partial charge is 0.145 e. The SMILES string of the molecule is CC1(C)C(=O)C(C)(C)[C@H]2C=C[C@@H]1C2=C1SCCS1. The van der Waals surface area contributed by atoms with Crippen LogP contribution in [-0.2, 0) is 4.79 Å². The average molecular weight is 280 g/mol. The number of fused-ring (bicyclic) bond motifs is 2. The van der Waals surface area contributed by atoms with E-state index in [2.05, 4.69) is 39.8 Å². The molecule has 2 bridgehead atoms. The summed E-state index contributed by atoms with van der Waals surface area (Å²) in [5, 5.41) is 0. The van der Waals surface area contributed by atoms with Crippen molar-refractivity contribution in [2.45, 2.75) is 27.7 Å². The van der Waals surface area contributed by atoms with Gasteiger partial charge in [-0.05, 0) is 5.57 Å². The highest BCUT2D eigenvalue weighted by Gasteiger charge is 2.57. The van der Waals surface area contributed by atoms with Gasteiger partial charge in [-0.25, -0.2) is 0 Å². The normalized spacial score (nSPS) is 36.6. The van der Waals surface area contributed by atoms with Crippen molar-refractivity contribution >= 4 is 29.3 Å². The summed E-state index contributed by atoms with van der Waals surface area (Å²) in [6.45, 7) is 8.49. The average Bonchev–Trinajstić information content (AvgIpc) is 2.93. The predicted octanol–water partition coefficient (Wildman–Crippen LogP) is 4.12. The van der Waals surface area contributed by atoms with Crippen LogP contribution in [-0.4, -0.2) is 17.3 Å². The number of ketones is 1. The van der Waals surface area contributed by atoms with Crippen LogP contribution in [0.4, 0.5) is 0 Å². The summed E-state index contributed by atoms with van der Waals surface area (Å²) in [5.74, 6) is 3.52. The van der Waals surface area contributed by atoms with Crippen LogP contribution in [0.2, 0.25) is 0 Å². The van der Waals surface area contributed by atoms with Crippen LogP contribution in [0.15, 0.2) is 22.0 Å². The fourth-order valence-corrected chi connectivity index (χ4v) is 6.44. The maximum absolute atomic E-state index is 12.7. The molecular weight excluding hydrogens is 260 g/mol. The highest BCUT2D eigenvalue weighted by molar-refractivity contribution is 8.25. The number of hydrogen-bond acceptors (Lipinski definition) is 3. The van der Waals surface area contributed by atoms with Crippen LogP contribution < -0.4 is 0 Å². The molecule has 98 valence electrons. The lowest BCUT2D eigenvalue weighted by molar-refractivity contribution is -0.141. The van der Waals surface area contributed by atoms with Gasteiger partial charge in [0, 0.05) is 38.4 Å². The van der Waals surface area contributed by atoms with Crippen molar-refractivity contribution < 1.29 is 4.79 Å². The van der Waals surface area contributed by atoms with Crippen LogP contribution in [0.1, 0.15) is 27.7 Å². The molecule has 1 saturated carbocycles. The summed E-state index contributed by atoms with van der Waals surface area (Å²) < 4.78 is 1.50. The van der Waals surface area contributed by atoms with E-state index in [0.717, 1.165) is 0 Å². The van der Waals surface area contributed by atoms with Gasteiger partial charge in [-0.1, -0.05) is 39.8 Å². The van der Waals surface area contributed by atoms with Crippen molar-refractivity contribution in [1.82, 2.24) is 0 Å². The number of thioether (sulfide) groups is 2. The van der Waals surface area contributed by atoms with E-state index in [1.807, 2.05) is 23.5 Å². The molecule has 3 aliphatic rings. The van der Waals surface area contributed by atoms with Gasteiger partial charge in [0.25, 0.3) is 0 Å². The number of Topliss-reactive ketones (excluding diaryl/α,β-unsaturated/α-hetero) is 1. The fraction of sp³-hybridized carbons (Fsp3) is 0.667. The van der Waals surface area contributed by atoms with Crippen LogP contribution in [0.3, 0.4) is 0 Å². The van der Waals surface area contributed by atoms with Gasteiger partial charge in [0.2, 0.25) is 0 Å². The monoisotopic (exact) mass is 280 g/mol. The maximum atomic E-state index is 12.7. The van der Waals surface area contributed by atoms with Gasteiger partial charge >= 0.3 is 0 Å². The lowest BCUT2D eigenvalue weighted by Crippen LogP contribution is -2.49. The molecule has 0 amide bonds. The second kappa shape index (κ2) is 3.92. The lowest BCUT2D eigenvalue weighted by atomic mass is 9.56. The Labute approximate surface area is 118 Å². The minimum Gasteiger partial charge on any atom is -0.298 e. The molecule has 1 nitrogen and oxygen atoms in total. The number of allylic oxidation sites excluding steroid dienone is 3. The molecule has 3 rings (SSSR count). The Balaban J connectivity index is 2.16. The molecule has 0 radical (unpaired) electrons. The molecule has 0 N–H and O–H groups in total. The molecule has 2 aliphatic carbocycles. The van der Waals surface area contributed by atoms with E-state index in [4.69, 9.17) is 0 Å². The molecule has 3 heteroatoms. The molecule has 1 aliphatic heterocycles. The van der Waals surface area contributed by atoms with Crippen LogP contribution >= 0.6 is 23.5 Å². The Bertz CT molecular complexity index is 433. The highest BCUT2D eigenvalue weighted by atomic mass is 32.2. The van der Waals surface area contributed by atoms with Crippen molar-refractivity contribution in [2.75, 3.05) is 11.5 Å². The minimum atomic E-state index is -0.251. The van der Waals surface area contributed by atoms with E-state index in [1.54, 1.807) is 0 Å². The molecule has 1 saturated heterocycles. The van der Waals surface area contributed by atoms with Crippen LogP contribution in [0.25, 0.3) is 0 Å². The van der Waals surface area contributed by atoms with Crippen LogP contribution in [0.5, 0.6) is 0 Å². The van der Waals surface area contributed by atoms with Crippen molar-refractivity contribution in [3.63, 3.8) is 0 Å². The Morgan fingerprint density at radius 2 is 1.44 bits per heavy atom. The third-order valence-corrected chi connectivity index (χ3v) is 7.45. The standard InChI is InChI=1S/C15H20OS2/c1-14(2)9-5-6-10(15(3,4)13(14)16)11(9)12-17-7-8-18-12/h5-6,9-10H,7-8H2,1-4H3/t9-,10+. The van der Waals surface area contributed by atoms with Gasteiger partial charge in [-0.15, -0.1) is 23.5 Å². The van der Waals surface area contributed by atoms with Gasteiger partial charge in [0.1, 0.15) is 5.78 Å². The summed E-state index contributed by atoms with van der Waals surface area (Å²) >= 11 is 3.98. The van der Waals surface area contributed by atoms with Crippen molar-refractivity contribution in [1.29, 1.82) is 0 Å². The summed E-state index contributed by atoms with van der Waals surface area (Å²) in [5.41, 5.74) is 1.04. The quantitative estimate of drug-likeness (QED) is 0.621. The molecular formula is C15H20OS2. The lowest BCUT2D eigenvalue weighted by Gasteiger charge is -2.46. The number of rotatable bonds is 0. The summed E-state index contributed by atoms with van der Waals surface area (Å²) in [6.07, 6.45) is 4.58. The topological polar surface area (TPSA) is 17.1 Å². The van der Waals surface area contributed by atoms with E-state index >= 15 is 0 Å². The third-order valence-electron chi connectivity index (χ3n) is 4.68. The molecule has 2 atom stereocenters. The van der Waals surface area contributed by atoms with E-state index in [1.165, 1.54) is 21.3 Å². The molecule has 1 heterocycles. The van der Waals surface area contributed by atoms with E-state index < -0.39 is 0 Å². The second-order valence-corrected chi connectivity index (χ2v) is 9.02. The zero-order chi connectivity index (χ0) is 13.1. The Kier molecular flexibility index (Phi) is 2.80. The first-order valence-corrected chi connectivity index (χ1v) is 8.57. The molecule has 18 heavy (non-hydrogen) atoms. The predicted molar refractivity (Wildman–Crippen MR) is 80.6 cm³/mol. The largest absolute Gasteiger partial charge is 0.298 e. The number of hydrogen-bond donors (Lipinski definition) is 0. The van der Waals surface area contributed by atoms with E-state index in [-0.39, 0.29) is 10.8 Å². The molecule has 2 fully saturated rings. The molecule has 0 aromatic carbocycles. The van der Waals surface area contributed by atoms with Crippen molar-refractivity contribution in [2.24, 2.45) is 22.7 Å². The first-order chi connectivity index (χ1) is 8.37. The first-order valence-electron chi connectivity index (χ1n) is 6.59. The second-order valence-electron chi connectivity index (χ2n) is 6.55. The van der Waals surface area contributed by atoms with Gasteiger partial charge in [-0.2, -0.15) is 0 Å². The molecule has 0 unspecified atom stereocenters. The molecule has 0 aromatic rings. The van der Waals surface area contributed by atoms with Crippen molar-refractivity contribution in [3.05, 3.63) is 22.0 Å². The summed E-state index contributed by atoms with van der Waals surface area (Å²) in [7, 11) is 0. The zero-order valence-corrected chi connectivity index (χ0v) is 13.1. The first kappa shape index (κ1) is 12.9. The highest BCUT2D eigenvalue weighted by Crippen LogP contribution is 2.60. The van der Waals surface area contributed by atoms with Crippen LogP contribution in [0, 0.1) is 22.7 Å². The Morgan fingerprint density at radius 1 is 1.00 bits per heavy atom. The number of carbonyl (C=O) groups is 1. The third kappa shape index (κ3) is 1.53. The fourth-order valence-electron chi connectivity index (χ4n) is 3.73. The maximum Gasteiger partial charge on any atom is 0.145 e. The Hall–Kier alpha value is -0.150. The van der Waals surface area contributed by atoms with E-state index in [9.17, 15) is 4.79 Å². The van der Waals surface area contributed by atoms with Crippen molar-refractivity contribution in [3.8, 4) is 0 Å². The molecule has 0 spiro atoms. The Morgan fingerprint density at radius 3 is 1.89 bits per heavy atom. The zero-order valence-electron chi connectivity index (χ0n) is 11.4. The summed E-state index contributed by atoms with van der Waals surface area (Å²) in [6, 6.07) is 0. The number of carbonyl (C=O) groups excluding carboxylic acids is 1. The van der Waals surface area contributed by atoms with Gasteiger partial charge in [0.05, 0.1) is 0 Å². The van der Waals surface area contributed by atoms with E-state index in [0.29, 0.717) is 17.6 Å². The van der Waals surface area contributed by atoms with Gasteiger partial charge in [-0.3, -0.25) is 4.79 Å². The molecule has 0 aromatic heterocycles.